The third-order valence-corrected chi connectivity index (χ3v) is 3.88. The van der Waals surface area contributed by atoms with Crippen molar-refractivity contribution in [3.63, 3.8) is 0 Å². The molecular weight excluding hydrogens is 258 g/mol. The van der Waals surface area contributed by atoms with Gasteiger partial charge in [0, 0.05) is 13.1 Å². The number of carbonyl (C=O) groups excluding carboxylic acids is 2. The normalized spacial score (nSPS) is 20.7. The molecule has 6 heteroatoms. The first-order chi connectivity index (χ1) is 9.75. The zero-order valence-corrected chi connectivity index (χ0v) is 12.0. The predicted octanol–water partition coefficient (Wildman–Crippen LogP) is -0.116. The van der Waals surface area contributed by atoms with E-state index >= 15 is 0 Å². The topological polar surface area (TPSA) is 70.7 Å². The van der Waals surface area contributed by atoms with Gasteiger partial charge in [-0.15, -0.1) is 0 Å². The van der Waals surface area contributed by atoms with Crippen LogP contribution in [0, 0.1) is 0 Å². The van der Waals surface area contributed by atoms with Crippen LogP contribution in [0.4, 0.5) is 0 Å². The van der Waals surface area contributed by atoms with Crippen molar-refractivity contribution in [2.24, 2.45) is 0 Å². The first-order valence-corrected chi connectivity index (χ1v) is 7.62. The van der Waals surface area contributed by atoms with E-state index in [1.54, 1.807) is 0 Å². The van der Waals surface area contributed by atoms with Gasteiger partial charge in [0.25, 0.3) is 0 Å². The van der Waals surface area contributed by atoms with E-state index in [0.717, 1.165) is 51.9 Å². The van der Waals surface area contributed by atoms with E-state index in [2.05, 4.69) is 10.6 Å². The standard InChI is InChI=1S/C14H25N3O3/c18-13(11-20-12-4-6-15-7-5-12)16-10-14(19)17-8-2-1-3-9-17/h12,15H,1-11H2,(H,16,18). The quantitative estimate of drug-likeness (QED) is 0.738. The Morgan fingerprint density at radius 3 is 2.55 bits per heavy atom. The number of ether oxygens (including phenoxy) is 1. The van der Waals surface area contributed by atoms with Crippen LogP contribution in [0.2, 0.25) is 0 Å². The number of nitrogens with zero attached hydrogens (tertiary/aromatic N) is 1. The van der Waals surface area contributed by atoms with E-state index < -0.39 is 0 Å². The highest BCUT2D eigenvalue weighted by Crippen LogP contribution is 2.08. The SMILES string of the molecule is O=C(COC1CCNCC1)NCC(=O)N1CCCCC1. The lowest BCUT2D eigenvalue weighted by atomic mass is 10.1. The van der Waals surface area contributed by atoms with Crippen molar-refractivity contribution in [1.82, 2.24) is 15.5 Å². The summed E-state index contributed by atoms with van der Waals surface area (Å²) in [4.78, 5) is 25.4. The number of hydrogen-bond acceptors (Lipinski definition) is 4. The molecule has 114 valence electrons. The van der Waals surface area contributed by atoms with Gasteiger partial charge >= 0.3 is 0 Å². The monoisotopic (exact) mass is 283 g/mol. The van der Waals surface area contributed by atoms with Gasteiger partial charge in [-0.2, -0.15) is 0 Å². The summed E-state index contributed by atoms with van der Waals surface area (Å²) in [5, 5.41) is 5.90. The molecule has 20 heavy (non-hydrogen) atoms. The van der Waals surface area contributed by atoms with Crippen molar-refractivity contribution in [1.29, 1.82) is 0 Å². The Balaban J connectivity index is 1.58. The van der Waals surface area contributed by atoms with Crippen molar-refractivity contribution in [3.05, 3.63) is 0 Å². The van der Waals surface area contributed by atoms with E-state index in [1.165, 1.54) is 6.42 Å². The van der Waals surface area contributed by atoms with Gasteiger partial charge in [0.05, 0.1) is 12.6 Å². The molecule has 2 rings (SSSR count). The third kappa shape index (κ3) is 5.09. The minimum atomic E-state index is -0.200. The molecule has 0 aromatic heterocycles. The Bertz CT molecular complexity index is 324. The zero-order valence-electron chi connectivity index (χ0n) is 12.0. The Hall–Kier alpha value is -1.14. The molecule has 0 aromatic rings. The predicted molar refractivity (Wildman–Crippen MR) is 75.3 cm³/mol. The highest BCUT2D eigenvalue weighted by Gasteiger charge is 2.18. The van der Waals surface area contributed by atoms with E-state index in [-0.39, 0.29) is 31.1 Å². The van der Waals surface area contributed by atoms with Crippen LogP contribution in [0.3, 0.4) is 0 Å². The van der Waals surface area contributed by atoms with Gasteiger partial charge in [-0.3, -0.25) is 9.59 Å². The maximum atomic E-state index is 11.9. The van der Waals surface area contributed by atoms with Gasteiger partial charge in [0.2, 0.25) is 11.8 Å². The molecule has 0 unspecified atom stereocenters. The average Bonchev–Trinajstić information content (AvgIpc) is 2.52. The summed E-state index contributed by atoms with van der Waals surface area (Å²) in [5.74, 6) is -0.186. The number of rotatable bonds is 5. The summed E-state index contributed by atoms with van der Waals surface area (Å²) < 4.78 is 5.55. The number of hydrogen-bond donors (Lipinski definition) is 2. The highest BCUT2D eigenvalue weighted by atomic mass is 16.5. The lowest BCUT2D eigenvalue weighted by Crippen LogP contribution is -2.43. The smallest absolute Gasteiger partial charge is 0.246 e. The Labute approximate surface area is 120 Å². The summed E-state index contributed by atoms with van der Waals surface area (Å²) >= 11 is 0. The zero-order chi connectivity index (χ0) is 14.2. The molecule has 0 saturated carbocycles. The van der Waals surface area contributed by atoms with Gasteiger partial charge in [-0.1, -0.05) is 0 Å². The molecule has 0 atom stereocenters. The van der Waals surface area contributed by atoms with Crippen molar-refractivity contribution >= 4 is 11.8 Å². The lowest BCUT2D eigenvalue weighted by molar-refractivity contribution is -0.135. The first-order valence-electron chi connectivity index (χ1n) is 7.62. The summed E-state index contributed by atoms with van der Waals surface area (Å²) in [6.07, 6.45) is 5.39. The second-order valence-electron chi connectivity index (χ2n) is 5.48. The Morgan fingerprint density at radius 2 is 1.85 bits per heavy atom. The van der Waals surface area contributed by atoms with Crippen LogP contribution in [-0.4, -0.2) is 62.1 Å². The molecule has 2 heterocycles. The van der Waals surface area contributed by atoms with Crippen molar-refractivity contribution in [2.45, 2.75) is 38.2 Å². The number of carbonyl (C=O) groups is 2. The number of likely N-dealkylation sites (tertiary alicyclic amines) is 1. The molecule has 2 N–H and O–H groups in total. The molecule has 2 aliphatic heterocycles. The summed E-state index contributed by atoms with van der Waals surface area (Å²) in [6.45, 7) is 3.67. The molecule has 2 saturated heterocycles. The van der Waals surface area contributed by atoms with Crippen LogP contribution < -0.4 is 10.6 Å². The highest BCUT2D eigenvalue weighted by molar-refractivity contribution is 5.85. The van der Waals surface area contributed by atoms with Crippen molar-refractivity contribution in [2.75, 3.05) is 39.3 Å². The van der Waals surface area contributed by atoms with Gasteiger partial charge < -0.3 is 20.3 Å². The second kappa shape index (κ2) is 8.21. The maximum absolute atomic E-state index is 11.9. The van der Waals surface area contributed by atoms with E-state index in [4.69, 9.17) is 4.74 Å². The van der Waals surface area contributed by atoms with Crippen LogP contribution in [0.25, 0.3) is 0 Å². The molecule has 6 nitrogen and oxygen atoms in total. The van der Waals surface area contributed by atoms with Gasteiger partial charge in [-0.25, -0.2) is 0 Å². The number of piperidine rings is 2. The molecule has 0 radical (unpaired) electrons. The molecule has 2 amide bonds. The molecule has 0 bridgehead atoms. The van der Waals surface area contributed by atoms with Crippen LogP contribution in [0.1, 0.15) is 32.1 Å². The lowest BCUT2D eigenvalue weighted by Gasteiger charge is -2.27. The molecule has 2 fully saturated rings. The van der Waals surface area contributed by atoms with Crippen LogP contribution in [0.15, 0.2) is 0 Å². The maximum Gasteiger partial charge on any atom is 0.246 e. The summed E-state index contributed by atoms with van der Waals surface area (Å²) in [5.41, 5.74) is 0. The molecule has 2 aliphatic rings. The van der Waals surface area contributed by atoms with Gasteiger partial charge in [0.1, 0.15) is 6.61 Å². The van der Waals surface area contributed by atoms with Crippen LogP contribution in [0.5, 0.6) is 0 Å². The fourth-order valence-corrected chi connectivity index (χ4v) is 2.64. The van der Waals surface area contributed by atoms with Crippen molar-refractivity contribution in [3.8, 4) is 0 Å². The van der Waals surface area contributed by atoms with E-state index in [9.17, 15) is 9.59 Å². The fourth-order valence-electron chi connectivity index (χ4n) is 2.64. The average molecular weight is 283 g/mol. The molecule has 0 aromatic carbocycles. The minimum absolute atomic E-state index is 0.0138. The Kier molecular flexibility index (Phi) is 6.26. The second-order valence-corrected chi connectivity index (χ2v) is 5.48. The summed E-state index contributed by atoms with van der Waals surface area (Å²) in [6, 6.07) is 0. The molecular formula is C14H25N3O3. The van der Waals surface area contributed by atoms with Gasteiger partial charge in [0.15, 0.2) is 0 Å². The first kappa shape index (κ1) is 15.3. The number of nitrogens with one attached hydrogen (secondary N) is 2. The third-order valence-electron chi connectivity index (χ3n) is 3.88. The minimum Gasteiger partial charge on any atom is -0.368 e. The molecule has 0 spiro atoms. The molecule has 0 aliphatic carbocycles. The largest absolute Gasteiger partial charge is 0.368 e. The fraction of sp³-hybridized carbons (Fsp3) is 0.857. The Morgan fingerprint density at radius 1 is 1.15 bits per heavy atom. The van der Waals surface area contributed by atoms with E-state index in [0.29, 0.717) is 0 Å². The number of amides is 2. The summed E-state index contributed by atoms with van der Waals surface area (Å²) in [7, 11) is 0. The van der Waals surface area contributed by atoms with Gasteiger partial charge in [-0.05, 0) is 45.2 Å². The van der Waals surface area contributed by atoms with Crippen LogP contribution in [-0.2, 0) is 14.3 Å². The van der Waals surface area contributed by atoms with Crippen molar-refractivity contribution < 1.29 is 14.3 Å². The van der Waals surface area contributed by atoms with E-state index in [1.807, 2.05) is 4.90 Å². The van der Waals surface area contributed by atoms with Crippen LogP contribution >= 0.6 is 0 Å².